The first-order chi connectivity index (χ1) is 11.4. The van der Waals surface area contributed by atoms with Crippen molar-refractivity contribution in [2.75, 3.05) is 13.1 Å². The molecule has 2 rings (SSSR count). The number of carbonyl (C=O) groups is 2. The van der Waals surface area contributed by atoms with Crippen LogP contribution in [0.15, 0.2) is 36.4 Å². The number of nitrogens with one attached hydrogen (secondary N) is 1. The van der Waals surface area contributed by atoms with E-state index in [1.54, 1.807) is 11.8 Å². The summed E-state index contributed by atoms with van der Waals surface area (Å²) in [7, 11) is 0. The number of benzene rings is 1. The van der Waals surface area contributed by atoms with Crippen molar-refractivity contribution in [3.63, 3.8) is 0 Å². The molecule has 1 N–H and O–H groups in total. The molecule has 128 valence electrons. The Morgan fingerprint density at radius 3 is 2.75 bits per heavy atom. The molecule has 1 aliphatic heterocycles. The van der Waals surface area contributed by atoms with E-state index in [1.807, 2.05) is 0 Å². The van der Waals surface area contributed by atoms with Gasteiger partial charge in [0.25, 0.3) is 0 Å². The molecule has 0 aliphatic carbocycles. The van der Waals surface area contributed by atoms with Crippen molar-refractivity contribution in [3.05, 3.63) is 53.6 Å². The highest BCUT2D eigenvalue weighted by atomic mass is 19.2. The molecule has 1 aliphatic rings. The van der Waals surface area contributed by atoms with E-state index in [9.17, 15) is 18.4 Å². The fraction of sp³-hybridized carbons (Fsp3) is 0.333. The normalized spacial score (nSPS) is 18.2. The molecule has 0 radical (unpaired) electrons. The molecule has 1 heterocycles. The zero-order valence-corrected chi connectivity index (χ0v) is 13.5. The highest BCUT2D eigenvalue weighted by Crippen LogP contribution is 2.16. The van der Waals surface area contributed by atoms with Crippen LogP contribution >= 0.6 is 0 Å². The Morgan fingerprint density at radius 1 is 1.33 bits per heavy atom. The van der Waals surface area contributed by atoms with Crippen LogP contribution in [0.25, 0.3) is 6.08 Å². The van der Waals surface area contributed by atoms with Crippen LogP contribution in [-0.2, 0) is 9.59 Å². The number of nitrogens with zero attached hydrogens (tertiary/aromatic N) is 1. The van der Waals surface area contributed by atoms with Crippen LogP contribution in [0.5, 0.6) is 0 Å². The molecule has 0 unspecified atom stereocenters. The van der Waals surface area contributed by atoms with Crippen LogP contribution in [0.4, 0.5) is 8.78 Å². The lowest BCUT2D eigenvalue weighted by molar-refractivity contribution is -0.129. The van der Waals surface area contributed by atoms with Gasteiger partial charge < -0.3 is 10.2 Å². The van der Waals surface area contributed by atoms with Crippen LogP contribution in [-0.4, -0.2) is 35.8 Å². The van der Waals surface area contributed by atoms with Gasteiger partial charge in [-0.15, -0.1) is 0 Å². The van der Waals surface area contributed by atoms with Crippen molar-refractivity contribution in [1.29, 1.82) is 0 Å². The molecule has 1 saturated heterocycles. The second-order valence-corrected chi connectivity index (χ2v) is 5.80. The van der Waals surface area contributed by atoms with Gasteiger partial charge in [-0.1, -0.05) is 12.6 Å². The third-order valence-corrected chi connectivity index (χ3v) is 3.90. The monoisotopic (exact) mass is 334 g/mol. The Bertz CT molecular complexity index is 686. The van der Waals surface area contributed by atoms with E-state index in [0.29, 0.717) is 24.2 Å². The number of halogens is 2. The Morgan fingerprint density at radius 2 is 2.08 bits per heavy atom. The molecule has 1 aromatic rings. The van der Waals surface area contributed by atoms with Gasteiger partial charge in [-0.25, -0.2) is 8.78 Å². The zero-order valence-electron chi connectivity index (χ0n) is 13.5. The topological polar surface area (TPSA) is 49.4 Å². The average molecular weight is 334 g/mol. The number of hydrogen-bond acceptors (Lipinski definition) is 2. The SMILES string of the molecule is C=CC(=O)N[C@@H]1CCCN(C(=O)/C(C)=C/c2ccc(F)c(F)c2)C1. The lowest BCUT2D eigenvalue weighted by Gasteiger charge is -2.33. The summed E-state index contributed by atoms with van der Waals surface area (Å²) in [5.41, 5.74) is 0.852. The van der Waals surface area contributed by atoms with E-state index in [-0.39, 0.29) is 17.9 Å². The molecule has 1 aromatic carbocycles. The molecule has 0 bridgehead atoms. The summed E-state index contributed by atoms with van der Waals surface area (Å²) in [6.07, 6.45) is 4.31. The fourth-order valence-electron chi connectivity index (χ4n) is 2.70. The van der Waals surface area contributed by atoms with Crippen LogP contribution in [0.2, 0.25) is 0 Å². The van der Waals surface area contributed by atoms with E-state index in [0.717, 1.165) is 25.0 Å². The molecule has 4 nitrogen and oxygen atoms in total. The maximum atomic E-state index is 13.2. The van der Waals surface area contributed by atoms with E-state index < -0.39 is 11.6 Å². The number of carbonyl (C=O) groups excluding carboxylic acids is 2. The van der Waals surface area contributed by atoms with Crippen LogP contribution in [0.3, 0.4) is 0 Å². The van der Waals surface area contributed by atoms with Gasteiger partial charge in [0.05, 0.1) is 0 Å². The van der Waals surface area contributed by atoms with Gasteiger partial charge in [0.15, 0.2) is 11.6 Å². The third kappa shape index (κ3) is 4.50. The maximum Gasteiger partial charge on any atom is 0.249 e. The summed E-state index contributed by atoms with van der Waals surface area (Å²) in [6, 6.07) is 3.39. The molecule has 0 saturated carbocycles. The predicted molar refractivity (Wildman–Crippen MR) is 88.0 cm³/mol. The highest BCUT2D eigenvalue weighted by Gasteiger charge is 2.24. The van der Waals surface area contributed by atoms with Crippen molar-refractivity contribution < 1.29 is 18.4 Å². The summed E-state index contributed by atoms with van der Waals surface area (Å²) >= 11 is 0. The van der Waals surface area contributed by atoms with Gasteiger partial charge >= 0.3 is 0 Å². The molecule has 2 amide bonds. The molecule has 1 fully saturated rings. The summed E-state index contributed by atoms with van der Waals surface area (Å²) in [5.74, 6) is -2.32. The van der Waals surface area contributed by atoms with Gasteiger partial charge in [-0.05, 0) is 49.6 Å². The van der Waals surface area contributed by atoms with E-state index in [1.165, 1.54) is 18.2 Å². The first-order valence-corrected chi connectivity index (χ1v) is 7.76. The smallest absolute Gasteiger partial charge is 0.249 e. The second kappa shape index (κ2) is 7.86. The lowest BCUT2D eigenvalue weighted by atomic mass is 10.0. The first kappa shape index (κ1) is 17.8. The van der Waals surface area contributed by atoms with Crippen molar-refractivity contribution in [1.82, 2.24) is 10.2 Å². The molecule has 0 spiro atoms. The number of rotatable bonds is 4. The molecule has 1 atom stereocenters. The predicted octanol–water partition coefficient (Wildman–Crippen LogP) is 2.66. The van der Waals surface area contributed by atoms with Crippen molar-refractivity contribution >= 4 is 17.9 Å². The Kier molecular flexibility index (Phi) is 5.84. The highest BCUT2D eigenvalue weighted by molar-refractivity contribution is 5.97. The van der Waals surface area contributed by atoms with E-state index in [4.69, 9.17) is 0 Å². The standard InChI is InChI=1S/C18H20F2N2O2/c1-3-17(23)21-14-5-4-8-22(11-14)18(24)12(2)9-13-6-7-15(19)16(20)10-13/h3,6-7,9-10,14H,1,4-5,8,11H2,2H3,(H,21,23)/b12-9+/t14-/m1/s1. The average Bonchev–Trinajstić information content (AvgIpc) is 2.57. The number of piperidine rings is 1. The largest absolute Gasteiger partial charge is 0.348 e. The minimum Gasteiger partial charge on any atom is -0.348 e. The lowest BCUT2D eigenvalue weighted by Crippen LogP contribution is -2.49. The Balaban J connectivity index is 2.06. The summed E-state index contributed by atoms with van der Waals surface area (Å²) in [4.78, 5) is 25.5. The minimum atomic E-state index is -0.950. The fourth-order valence-corrected chi connectivity index (χ4v) is 2.70. The van der Waals surface area contributed by atoms with Crippen LogP contribution in [0, 0.1) is 11.6 Å². The number of amides is 2. The van der Waals surface area contributed by atoms with Gasteiger partial charge in [0.1, 0.15) is 0 Å². The van der Waals surface area contributed by atoms with Crippen LogP contribution in [0.1, 0.15) is 25.3 Å². The van der Waals surface area contributed by atoms with Gasteiger partial charge in [0, 0.05) is 24.7 Å². The zero-order chi connectivity index (χ0) is 17.7. The van der Waals surface area contributed by atoms with Crippen molar-refractivity contribution in [2.24, 2.45) is 0 Å². The summed E-state index contributed by atoms with van der Waals surface area (Å²) in [5, 5.41) is 2.79. The van der Waals surface area contributed by atoms with Gasteiger partial charge in [-0.2, -0.15) is 0 Å². The van der Waals surface area contributed by atoms with Crippen molar-refractivity contribution in [3.8, 4) is 0 Å². The Hall–Kier alpha value is -2.50. The summed E-state index contributed by atoms with van der Waals surface area (Å²) < 4.78 is 26.2. The van der Waals surface area contributed by atoms with Gasteiger partial charge in [0.2, 0.25) is 11.8 Å². The third-order valence-electron chi connectivity index (χ3n) is 3.90. The molecule has 0 aromatic heterocycles. The second-order valence-electron chi connectivity index (χ2n) is 5.80. The number of hydrogen-bond donors (Lipinski definition) is 1. The van der Waals surface area contributed by atoms with Gasteiger partial charge in [-0.3, -0.25) is 9.59 Å². The molecular weight excluding hydrogens is 314 g/mol. The quantitative estimate of drug-likeness (QED) is 0.861. The minimum absolute atomic E-state index is 0.107. The molecule has 24 heavy (non-hydrogen) atoms. The molecule has 6 heteroatoms. The van der Waals surface area contributed by atoms with E-state index in [2.05, 4.69) is 11.9 Å². The van der Waals surface area contributed by atoms with E-state index >= 15 is 0 Å². The molecular formula is C18H20F2N2O2. The summed E-state index contributed by atoms with van der Waals surface area (Å²) in [6.45, 7) is 6.06. The number of likely N-dealkylation sites (tertiary alicyclic amines) is 1. The maximum absolute atomic E-state index is 13.2. The first-order valence-electron chi connectivity index (χ1n) is 7.76. The Labute approximate surface area is 139 Å². The van der Waals surface area contributed by atoms with Crippen molar-refractivity contribution in [2.45, 2.75) is 25.8 Å². The van der Waals surface area contributed by atoms with Crippen LogP contribution < -0.4 is 5.32 Å².